The molecule has 20 heavy (non-hydrogen) atoms. The molecule has 0 N–H and O–H groups in total. The van der Waals surface area contributed by atoms with E-state index >= 15 is 0 Å². The van der Waals surface area contributed by atoms with Crippen LogP contribution in [0.1, 0.15) is 18.4 Å². The molecule has 1 unspecified atom stereocenters. The molecule has 0 saturated carbocycles. The first-order valence-electron chi connectivity index (χ1n) is 6.59. The lowest BCUT2D eigenvalue weighted by molar-refractivity contribution is -0.274. The molecule has 2 rings (SSSR count). The van der Waals surface area contributed by atoms with Crippen LogP contribution in [0, 0.1) is 5.92 Å². The van der Waals surface area contributed by atoms with Gasteiger partial charge in [0.2, 0.25) is 0 Å². The topological polar surface area (TPSA) is 12.5 Å². The Morgan fingerprint density at radius 2 is 1.95 bits per heavy atom. The van der Waals surface area contributed by atoms with Gasteiger partial charge >= 0.3 is 6.36 Å². The second-order valence-corrected chi connectivity index (χ2v) is 5.74. The summed E-state index contributed by atoms with van der Waals surface area (Å²) in [5.41, 5.74) is 1.01. The zero-order valence-electron chi connectivity index (χ0n) is 11.0. The van der Waals surface area contributed by atoms with Crippen LogP contribution in [0.2, 0.25) is 0 Å². The Hall–Kier alpha value is -0.750. The highest BCUT2D eigenvalue weighted by Crippen LogP contribution is 2.24. The van der Waals surface area contributed by atoms with Gasteiger partial charge in [-0.05, 0) is 43.0 Å². The van der Waals surface area contributed by atoms with Crippen LogP contribution in [0.15, 0.2) is 24.3 Å². The fourth-order valence-electron chi connectivity index (χ4n) is 2.48. The number of halogens is 4. The summed E-state index contributed by atoms with van der Waals surface area (Å²) >= 11 is 3.51. The van der Waals surface area contributed by atoms with Gasteiger partial charge in [0.1, 0.15) is 5.75 Å². The predicted octanol–water partition coefficient (Wildman–Crippen LogP) is 4.19. The van der Waals surface area contributed by atoms with Gasteiger partial charge in [0, 0.05) is 18.4 Å². The maximum Gasteiger partial charge on any atom is 0.573 e. The molecule has 1 fully saturated rings. The first-order valence-corrected chi connectivity index (χ1v) is 7.71. The maximum atomic E-state index is 12.1. The van der Waals surface area contributed by atoms with Crippen LogP contribution < -0.4 is 4.74 Å². The minimum Gasteiger partial charge on any atom is -0.406 e. The van der Waals surface area contributed by atoms with Crippen molar-refractivity contribution in [2.45, 2.75) is 25.7 Å². The second-order valence-electron chi connectivity index (χ2n) is 5.09. The third-order valence-corrected chi connectivity index (χ3v) is 4.30. The van der Waals surface area contributed by atoms with Gasteiger partial charge < -0.3 is 4.74 Å². The lowest BCUT2D eigenvalue weighted by Crippen LogP contribution is -2.35. The number of benzene rings is 1. The van der Waals surface area contributed by atoms with E-state index in [1.54, 1.807) is 12.1 Å². The molecule has 1 aromatic rings. The highest BCUT2D eigenvalue weighted by atomic mass is 79.9. The molecule has 1 aliphatic rings. The number of rotatable bonds is 4. The number of ether oxygens (including phenoxy) is 1. The highest BCUT2D eigenvalue weighted by Gasteiger charge is 2.31. The average Bonchev–Trinajstić information content (AvgIpc) is 2.40. The number of hydrogen-bond acceptors (Lipinski definition) is 2. The smallest absolute Gasteiger partial charge is 0.406 e. The summed E-state index contributed by atoms with van der Waals surface area (Å²) in [6, 6.07) is 6.13. The number of nitrogens with zero attached hydrogens (tertiary/aromatic N) is 1. The molecule has 0 aliphatic carbocycles. The lowest BCUT2D eigenvalue weighted by atomic mass is 10.00. The molecule has 0 radical (unpaired) electrons. The van der Waals surface area contributed by atoms with E-state index in [9.17, 15) is 13.2 Å². The Balaban J connectivity index is 1.90. The molecule has 2 nitrogen and oxygen atoms in total. The molecule has 1 heterocycles. The minimum absolute atomic E-state index is 0.168. The van der Waals surface area contributed by atoms with Gasteiger partial charge in [0.05, 0.1) is 0 Å². The summed E-state index contributed by atoms with van der Waals surface area (Å²) in [5, 5.41) is 1.00. The van der Waals surface area contributed by atoms with E-state index in [4.69, 9.17) is 0 Å². The summed E-state index contributed by atoms with van der Waals surface area (Å²) in [4.78, 5) is 2.34. The molecule has 112 valence electrons. The van der Waals surface area contributed by atoms with Gasteiger partial charge in [-0.15, -0.1) is 13.2 Å². The van der Waals surface area contributed by atoms with E-state index < -0.39 is 6.36 Å². The zero-order valence-corrected chi connectivity index (χ0v) is 12.6. The van der Waals surface area contributed by atoms with Crippen LogP contribution in [0.4, 0.5) is 13.2 Å². The van der Waals surface area contributed by atoms with Crippen LogP contribution in [0.3, 0.4) is 0 Å². The van der Waals surface area contributed by atoms with Crippen molar-refractivity contribution >= 4 is 15.9 Å². The largest absolute Gasteiger partial charge is 0.573 e. The summed E-state index contributed by atoms with van der Waals surface area (Å²) in [5.74, 6) is 0.495. The Morgan fingerprint density at radius 1 is 1.25 bits per heavy atom. The van der Waals surface area contributed by atoms with E-state index in [0.717, 1.165) is 30.5 Å². The van der Waals surface area contributed by atoms with Crippen LogP contribution in [-0.4, -0.2) is 29.7 Å². The van der Waals surface area contributed by atoms with E-state index in [2.05, 4.69) is 25.6 Å². The van der Waals surface area contributed by atoms with Crippen LogP contribution in [0.25, 0.3) is 0 Å². The molecule has 1 aliphatic heterocycles. The van der Waals surface area contributed by atoms with Gasteiger partial charge in [-0.2, -0.15) is 0 Å². The fourth-order valence-corrected chi connectivity index (χ4v) is 3.00. The standard InChI is InChI=1S/C14H17BrF3NO/c15-8-12-2-1-7-19(10-12)9-11-3-5-13(6-4-11)20-14(16,17)18/h3-6,12H,1-2,7-10H2. The third-order valence-electron chi connectivity index (χ3n) is 3.38. The number of piperidine rings is 1. The molecule has 1 saturated heterocycles. The molecular weight excluding hydrogens is 335 g/mol. The molecular formula is C14H17BrF3NO. The monoisotopic (exact) mass is 351 g/mol. The molecule has 0 aromatic heterocycles. The van der Waals surface area contributed by atoms with Crippen LogP contribution >= 0.6 is 15.9 Å². The van der Waals surface area contributed by atoms with Crippen molar-refractivity contribution in [3.05, 3.63) is 29.8 Å². The Kier molecular flexibility index (Phi) is 5.32. The number of hydrogen-bond donors (Lipinski definition) is 0. The summed E-state index contributed by atoms with van der Waals surface area (Å²) < 4.78 is 40.0. The summed E-state index contributed by atoms with van der Waals surface area (Å²) in [6.45, 7) is 2.85. The van der Waals surface area contributed by atoms with E-state index in [0.29, 0.717) is 5.92 Å². The van der Waals surface area contributed by atoms with Gasteiger partial charge in [0.15, 0.2) is 0 Å². The predicted molar refractivity (Wildman–Crippen MR) is 74.9 cm³/mol. The minimum atomic E-state index is -4.63. The van der Waals surface area contributed by atoms with Crippen LogP contribution in [0.5, 0.6) is 5.75 Å². The zero-order chi connectivity index (χ0) is 14.6. The molecule has 6 heteroatoms. The van der Waals surface area contributed by atoms with E-state index in [1.165, 1.54) is 25.0 Å². The second kappa shape index (κ2) is 6.80. The third kappa shape index (κ3) is 4.98. The fraction of sp³-hybridized carbons (Fsp3) is 0.571. The van der Waals surface area contributed by atoms with Gasteiger partial charge in [-0.1, -0.05) is 28.1 Å². The first kappa shape index (κ1) is 15.6. The maximum absolute atomic E-state index is 12.1. The van der Waals surface area contributed by atoms with Gasteiger partial charge in [-0.25, -0.2) is 0 Å². The van der Waals surface area contributed by atoms with E-state index in [-0.39, 0.29) is 5.75 Å². The molecule has 0 amide bonds. The normalized spacial score (nSPS) is 20.9. The van der Waals surface area contributed by atoms with Crippen LogP contribution in [-0.2, 0) is 6.54 Å². The quantitative estimate of drug-likeness (QED) is 0.754. The summed E-state index contributed by atoms with van der Waals surface area (Å²) in [7, 11) is 0. The number of alkyl halides is 4. The Morgan fingerprint density at radius 3 is 2.55 bits per heavy atom. The molecule has 1 atom stereocenters. The molecule has 1 aromatic carbocycles. The van der Waals surface area contributed by atoms with Crippen molar-refractivity contribution in [3.8, 4) is 5.75 Å². The van der Waals surface area contributed by atoms with Crippen molar-refractivity contribution in [1.82, 2.24) is 4.90 Å². The van der Waals surface area contributed by atoms with Gasteiger partial charge in [0.25, 0.3) is 0 Å². The SMILES string of the molecule is FC(F)(F)Oc1ccc(CN2CCCC(CBr)C2)cc1. The average molecular weight is 352 g/mol. The van der Waals surface area contributed by atoms with Crippen molar-refractivity contribution in [2.75, 3.05) is 18.4 Å². The highest BCUT2D eigenvalue weighted by molar-refractivity contribution is 9.09. The van der Waals surface area contributed by atoms with Crippen molar-refractivity contribution in [2.24, 2.45) is 5.92 Å². The lowest BCUT2D eigenvalue weighted by Gasteiger charge is -2.31. The summed E-state index contributed by atoms with van der Waals surface area (Å²) in [6.07, 6.45) is -2.22. The first-order chi connectivity index (χ1) is 9.46. The van der Waals surface area contributed by atoms with Crippen molar-refractivity contribution < 1.29 is 17.9 Å². The number of likely N-dealkylation sites (tertiary alicyclic amines) is 1. The molecule has 0 bridgehead atoms. The Labute approximate surface area is 125 Å². The van der Waals surface area contributed by atoms with E-state index in [1.807, 2.05) is 0 Å². The Bertz CT molecular complexity index is 421. The van der Waals surface area contributed by atoms with Gasteiger partial charge in [-0.3, -0.25) is 4.90 Å². The van der Waals surface area contributed by atoms with Crippen molar-refractivity contribution in [3.63, 3.8) is 0 Å². The van der Waals surface area contributed by atoms with Crippen molar-refractivity contribution in [1.29, 1.82) is 0 Å². The molecule has 0 spiro atoms.